The molecule has 170 valence electrons. The van der Waals surface area contributed by atoms with Crippen LogP contribution in [0.5, 0.6) is 5.75 Å². The lowest BCUT2D eigenvalue weighted by Gasteiger charge is -2.11. The number of hydrogen-bond donors (Lipinski definition) is 1. The molecule has 1 N–H and O–H groups in total. The van der Waals surface area contributed by atoms with Gasteiger partial charge in [0.15, 0.2) is 0 Å². The Kier molecular flexibility index (Phi) is 7.53. The molecule has 0 aliphatic heterocycles. The Labute approximate surface area is 203 Å². The van der Waals surface area contributed by atoms with Crippen molar-refractivity contribution in [3.8, 4) is 5.75 Å². The first-order valence-corrected chi connectivity index (χ1v) is 11.6. The van der Waals surface area contributed by atoms with Crippen molar-refractivity contribution in [2.24, 2.45) is 0 Å². The van der Waals surface area contributed by atoms with Crippen molar-refractivity contribution in [3.63, 3.8) is 0 Å². The minimum absolute atomic E-state index is 0.124. The highest BCUT2D eigenvalue weighted by atomic mass is 35.5. The van der Waals surface area contributed by atoms with E-state index >= 15 is 0 Å². The highest BCUT2D eigenvalue weighted by molar-refractivity contribution is 6.31. The lowest BCUT2D eigenvalue weighted by molar-refractivity contribution is 0.0954. The molecule has 33 heavy (non-hydrogen) atoms. The third-order valence-corrected chi connectivity index (χ3v) is 6.07. The van der Waals surface area contributed by atoms with Gasteiger partial charge in [-0.05, 0) is 73.5 Å². The van der Waals surface area contributed by atoms with Crippen LogP contribution in [0.1, 0.15) is 28.2 Å². The number of rotatable bonds is 9. The van der Waals surface area contributed by atoms with Crippen LogP contribution < -0.4 is 10.1 Å². The molecule has 1 heterocycles. The van der Waals surface area contributed by atoms with Gasteiger partial charge < -0.3 is 14.6 Å². The van der Waals surface area contributed by atoms with Crippen molar-refractivity contribution in [1.29, 1.82) is 0 Å². The van der Waals surface area contributed by atoms with Gasteiger partial charge in [-0.2, -0.15) is 0 Å². The van der Waals surface area contributed by atoms with Gasteiger partial charge in [-0.1, -0.05) is 35.3 Å². The molecule has 0 bridgehead atoms. The van der Waals surface area contributed by atoms with Crippen LogP contribution >= 0.6 is 23.2 Å². The van der Waals surface area contributed by atoms with E-state index < -0.39 is 0 Å². The molecule has 1 aromatic heterocycles. The number of hydrogen-bond acceptors (Lipinski definition) is 3. The molecule has 0 aliphatic carbocycles. The van der Waals surface area contributed by atoms with Crippen LogP contribution in [0, 0.1) is 6.92 Å². The van der Waals surface area contributed by atoms with Crippen LogP contribution in [-0.2, 0) is 13.0 Å². The van der Waals surface area contributed by atoms with Gasteiger partial charge in [0.2, 0.25) is 0 Å². The molecule has 7 heteroatoms. The predicted molar refractivity (Wildman–Crippen MR) is 134 cm³/mol. The fraction of sp³-hybridized carbons (Fsp3) is 0.231. The molecule has 4 aromatic rings. The molecule has 1 amide bonds. The Morgan fingerprint density at radius 3 is 2.64 bits per heavy atom. The van der Waals surface area contributed by atoms with Gasteiger partial charge in [0.05, 0.1) is 17.6 Å². The molecule has 0 unspecified atom stereocenters. The second-order valence-corrected chi connectivity index (χ2v) is 8.64. The van der Waals surface area contributed by atoms with Gasteiger partial charge >= 0.3 is 0 Å². The number of ether oxygens (including phenoxy) is 1. The summed E-state index contributed by atoms with van der Waals surface area (Å²) in [7, 11) is 0. The summed E-state index contributed by atoms with van der Waals surface area (Å²) >= 11 is 12.0. The number of imidazole rings is 1. The van der Waals surface area contributed by atoms with E-state index in [2.05, 4.69) is 16.0 Å². The largest absolute Gasteiger partial charge is 0.494 e. The minimum Gasteiger partial charge on any atom is -0.494 e. The highest BCUT2D eigenvalue weighted by Crippen LogP contribution is 2.22. The number of nitrogens with zero attached hydrogens (tertiary/aromatic N) is 2. The fourth-order valence-electron chi connectivity index (χ4n) is 3.68. The highest BCUT2D eigenvalue weighted by Gasteiger charge is 2.12. The van der Waals surface area contributed by atoms with Crippen molar-refractivity contribution >= 4 is 40.1 Å². The molecule has 0 saturated heterocycles. The van der Waals surface area contributed by atoms with Gasteiger partial charge in [0.1, 0.15) is 11.6 Å². The molecule has 0 aliphatic rings. The van der Waals surface area contributed by atoms with Crippen LogP contribution in [0.2, 0.25) is 10.0 Å². The third kappa shape index (κ3) is 5.86. The first-order valence-electron chi connectivity index (χ1n) is 10.9. The topological polar surface area (TPSA) is 56.1 Å². The average Bonchev–Trinajstić information content (AvgIpc) is 3.16. The van der Waals surface area contributed by atoms with Crippen molar-refractivity contribution in [3.05, 3.63) is 93.7 Å². The zero-order valence-electron chi connectivity index (χ0n) is 18.4. The number of para-hydroxylation sites is 2. The molecule has 0 fully saturated rings. The Hall–Kier alpha value is -3.02. The second kappa shape index (κ2) is 10.7. The Bertz CT molecular complexity index is 1250. The van der Waals surface area contributed by atoms with Crippen LogP contribution in [0.25, 0.3) is 11.0 Å². The van der Waals surface area contributed by atoms with E-state index in [1.54, 1.807) is 24.3 Å². The lowest BCUT2D eigenvalue weighted by atomic mass is 10.2. The summed E-state index contributed by atoms with van der Waals surface area (Å²) in [4.78, 5) is 17.2. The first kappa shape index (κ1) is 23.1. The zero-order valence-corrected chi connectivity index (χ0v) is 19.9. The van der Waals surface area contributed by atoms with Gasteiger partial charge in [0.25, 0.3) is 5.91 Å². The Morgan fingerprint density at radius 1 is 1.06 bits per heavy atom. The number of amides is 1. The number of carbonyl (C=O) groups excluding carboxylic acids is 1. The number of nitrogens with one attached hydrogen (secondary N) is 1. The summed E-state index contributed by atoms with van der Waals surface area (Å²) in [5, 5.41) is 4.31. The van der Waals surface area contributed by atoms with E-state index in [0.29, 0.717) is 30.2 Å². The summed E-state index contributed by atoms with van der Waals surface area (Å²) < 4.78 is 8.11. The van der Waals surface area contributed by atoms with Crippen molar-refractivity contribution < 1.29 is 9.53 Å². The molecule has 3 aromatic carbocycles. The number of halogens is 2. The number of aryl methyl sites for hydroxylation is 2. The van der Waals surface area contributed by atoms with Gasteiger partial charge in [0, 0.05) is 35.1 Å². The third-order valence-electron chi connectivity index (χ3n) is 5.40. The number of carbonyl (C=O) groups is 1. The Balaban J connectivity index is 1.37. The number of aromatic nitrogens is 2. The van der Waals surface area contributed by atoms with Crippen LogP contribution in [0.4, 0.5) is 0 Å². The first-order chi connectivity index (χ1) is 16.0. The fourth-order valence-corrected chi connectivity index (χ4v) is 3.92. The molecule has 4 rings (SSSR count). The van der Waals surface area contributed by atoms with Gasteiger partial charge in [-0.3, -0.25) is 4.79 Å². The molecular formula is C26H25Cl2N3O2. The van der Waals surface area contributed by atoms with Crippen molar-refractivity contribution in [2.75, 3.05) is 13.2 Å². The number of benzene rings is 3. The summed E-state index contributed by atoms with van der Waals surface area (Å²) in [5.74, 6) is 1.63. The monoisotopic (exact) mass is 481 g/mol. The smallest absolute Gasteiger partial charge is 0.251 e. The van der Waals surface area contributed by atoms with E-state index in [1.165, 1.54) is 0 Å². The van der Waals surface area contributed by atoms with Crippen LogP contribution in [-0.4, -0.2) is 28.6 Å². The van der Waals surface area contributed by atoms with Crippen molar-refractivity contribution in [2.45, 2.75) is 26.3 Å². The molecule has 5 nitrogen and oxygen atoms in total. The predicted octanol–water partition coefficient (Wildman–Crippen LogP) is 6.09. The van der Waals surface area contributed by atoms with Crippen LogP contribution in [0.3, 0.4) is 0 Å². The second-order valence-electron chi connectivity index (χ2n) is 7.79. The maximum Gasteiger partial charge on any atom is 0.251 e. The molecular weight excluding hydrogens is 457 g/mol. The van der Waals surface area contributed by atoms with E-state index in [0.717, 1.165) is 46.2 Å². The molecule has 0 atom stereocenters. The minimum atomic E-state index is -0.124. The lowest BCUT2D eigenvalue weighted by Crippen LogP contribution is -2.26. The molecule has 0 saturated carbocycles. The van der Waals surface area contributed by atoms with Crippen LogP contribution in [0.15, 0.2) is 66.7 Å². The van der Waals surface area contributed by atoms with E-state index in [-0.39, 0.29) is 5.91 Å². The Morgan fingerprint density at radius 2 is 1.85 bits per heavy atom. The maximum atomic E-state index is 12.4. The molecule has 0 radical (unpaired) electrons. The standard InChI is InChI=1S/C26H25Cl2N3O2/c1-18-17-21(11-12-22(18)28)33-16-4-15-31-24-6-3-2-5-23(24)30-25(31)13-14-29-26(32)19-7-9-20(27)10-8-19/h2-3,5-12,17H,4,13-16H2,1H3,(H,29,32). The summed E-state index contributed by atoms with van der Waals surface area (Å²) in [6.07, 6.45) is 1.46. The average molecular weight is 482 g/mol. The molecule has 0 spiro atoms. The SMILES string of the molecule is Cc1cc(OCCCn2c(CCNC(=O)c3ccc(Cl)cc3)nc3ccccc32)ccc1Cl. The summed E-state index contributed by atoms with van der Waals surface area (Å²) in [6.45, 7) is 3.81. The van der Waals surface area contributed by atoms with E-state index in [4.69, 9.17) is 32.9 Å². The zero-order chi connectivity index (χ0) is 23.2. The maximum absolute atomic E-state index is 12.4. The van der Waals surface area contributed by atoms with Gasteiger partial charge in [-0.25, -0.2) is 4.98 Å². The van der Waals surface area contributed by atoms with Crippen molar-refractivity contribution in [1.82, 2.24) is 14.9 Å². The summed E-state index contributed by atoms with van der Waals surface area (Å²) in [5.41, 5.74) is 3.62. The van der Waals surface area contributed by atoms with Gasteiger partial charge in [-0.15, -0.1) is 0 Å². The van der Waals surface area contributed by atoms with E-state index in [9.17, 15) is 4.79 Å². The van der Waals surface area contributed by atoms with E-state index in [1.807, 2.05) is 43.3 Å². The summed E-state index contributed by atoms with van der Waals surface area (Å²) in [6, 6.07) is 20.6. The quantitative estimate of drug-likeness (QED) is 0.294. The normalized spacial score (nSPS) is 11.0. The number of fused-ring (bicyclic) bond motifs is 1.